The summed E-state index contributed by atoms with van der Waals surface area (Å²) < 4.78 is 56.7. The monoisotopic (exact) mass is 436 g/mol. The fourth-order valence-electron chi connectivity index (χ4n) is 2.79. The second-order valence-electron chi connectivity index (χ2n) is 6.23. The van der Waals surface area contributed by atoms with Gasteiger partial charge in [-0.25, -0.2) is 21.6 Å². The summed E-state index contributed by atoms with van der Waals surface area (Å²) in [6.45, 7) is 0.202. The van der Waals surface area contributed by atoms with Crippen molar-refractivity contribution in [1.29, 1.82) is 0 Å². The van der Waals surface area contributed by atoms with Crippen molar-refractivity contribution >= 4 is 31.8 Å². The van der Waals surface area contributed by atoms with Crippen molar-refractivity contribution in [2.75, 3.05) is 20.2 Å². The van der Waals surface area contributed by atoms with Gasteiger partial charge in [-0.15, -0.1) is 0 Å². The Morgan fingerprint density at radius 2 is 1.72 bits per heavy atom. The maximum Gasteiger partial charge on any atom is 0.263 e. The van der Waals surface area contributed by atoms with Crippen LogP contribution in [0.1, 0.15) is 12.0 Å². The van der Waals surface area contributed by atoms with E-state index in [0.29, 0.717) is 17.7 Å². The average Bonchev–Trinajstić information content (AvgIpc) is 2.98. The predicted molar refractivity (Wildman–Crippen MR) is 107 cm³/mol. The molecule has 0 fully saturated rings. The number of amides is 1. The van der Waals surface area contributed by atoms with Gasteiger partial charge in [0.25, 0.3) is 5.91 Å². The van der Waals surface area contributed by atoms with Crippen molar-refractivity contribution in [3.8, 4) is 5.75 Å². The standard InChI is InChI=1S/C19H20N2O6S2/c1-27-15-7-9-16(10-8-15)29(25,26)21-12-4-11-20-19(22)18-13-14-5-2-3-6-17(14)28(18,23)24/h2-3,5-10,13,21H,4,11-12H2,1H3,(H,20,22). The summed E-state index contributed by atoms with van der Waals surface area (Å²) >= 11 is 0. The van der Waals surface area contributed by atoms with E-state index in [1.54, 1.807) is 30.3 Å². The van der Waals surface area contributed by atoms with Crippen LogP contribution in [0.15, 0.2) is 63.2 Å². The van der Waals surface area contributed by atoms with E-state index in [9.17, 15) is 21.6 Å². The fourth-order valence-corrected chi connectivity index (χ4v) is 5.40. The molecule has 10 heteroatoms. The van der Waals surface area contributed by atoms with Crippen molar-refractivity contribution in [2.24, 2.45) is 0 Å². The van der Waals surface area contributed by atoms with Crippen molar-refractivity contribution in [3.05, 3.63) is 59.0 Å². The second-order valence-corrected chi connectivity index (χ2v) is 9.89. The first-order chi connectivity index (χ1) is 13.8. The molecule has 1 aliphatic heterocycles. The highest BCUT2D eigenvalue weighted by Gasteiger charge is 2.33. The lowest BCUT2D eigenvalue weighted by Gasteiger charge is -2.09. The molecule has 29 heavy (non-hydrogen) atoms. The summed E-state index contributed by atoms with van der Waals surface area (Å²) in [7, 11) is -6.02. The van der Waals surface area contributed by atoms with Crippen LogP contribution in [0.5, 0.6) is 5.75 Å². The highest BCUT2D eigenvalue weighted by atomic mass is 32.2. The molecule has 8 nitrogen and oxygen atoms in total. The van der Waals surface area contributed by atoms with Crippen molar-refractivity contribution in [2.45, 2.75) is 16.2 Å². The summed E-state index contributed by atoms with van der Waals surface area (Å²) in [5.74, 6) is -0.163. The minimum absolute atomic E-state index is 0.0840. The largest absolute Gasteiger partial charge is 0.497 e. The van der Waals surface area contributed by atoms with Crippen LogP contribution in [0, 0.1) is 0 Å². The first-order valence-electron chi connectivity index (χ1n) is 8.73. The average molecular weight is 437 g/mol. The van der Waals surface area contributed by atoms with Gasteiger partial charge in [0.1, 0.15) is 10.7 Å². The number of rotatable bonds is 8. The number of sulfonamides is 1. The minimum atomic E-state index is -3.83. The molecule has 0 radical (unpaired) electrons. The van der Waals surface area contributed by atoms with Gasteiger partial charge in [0, 0.05) is 13.1 Å². The zero-order valence-electron chi connectivity index (χ0n) is 15.6. The Bertz CT molecular complexity index is 1150. The minimum Gasteiger partial charge on any atom is -0.497 e. The van der Waals surface area contributed by atoms with Crippen molar-refractivity contribution < 1.29 is 26.4 Å². The third-order valence-electron chi connectivity index (χ3n) is 4.31. The van der Waals surface area contributed by atoms with Gasteiger partial charge in [-0.05, 0) is 48.4 Å². The lowest BCUT2D eigenvalue weighted by atomic mass is 10.2. The Morgan fingerprint density at radius 1 is 1.03 bits per heavy atom. The summed E-state index contributed by atoms with van der Waals surface area (Å²) in [6.07, 6.45) is 1.63. The topological polar surface area (TPSA) is 119 Å². The summed E-state index contributed by atoms with van der Waals surface area (Å²) in [4.78, 5) is 12.2. The van der Waals surface area contributed by atoms with Gasteiger partial charge in [0.05, 0.1) is 16.9 Å². The molecule has 0 aromatic heterocycles. The zero-order valence-corrected chi connectivity index (χ0v) is 17.2. The molecule has 1 aliphatic rings. The van der Waals surface area contributed by atoms with E-state index in [2.05, 4.69) is 10.0 Å². The molecule has 0 saturated carbocycles. The van der Waals surface area contributed by atoms with Crippen LogP contribution in [-0.4, -0.2) is 42.9 Å². The van der Waals surface area contributed by atoms with Gasteiger partial charge in [-0.3, -0.25) is 4.79 Å². The van der Waals surface area contributed by atoms with E-state index < -0.39 is 25.8 Å². The first-order valence-corrected chi connectivity index (χ1v) is 11.7. The Morgan fingerprint density at radius 3 is 2.38 bits per heavy atom. The molecular weight excluding hydrogens is 416 g/mol. The predicted octanol–water partition coefficient (Wildman–Crippen LogP) is 1.31. The number of nitrogens with one attached hydrogen (secondary N) is 2. The van der Waals surface area contributed by atoms with Crippen LogP contribution in [0.25, 0.3) is 6.08 Å². The number of sulfone groups is 1. The lowest BCUT2D eigenvalue weighted by molar-refractivity contribution is -0.116. The number of carbonyl (C=O) groups excluding carboxylic acids is 1. The summed E-state index contributed by atoms with van der Waals surface area (Å²) in [5.41, 5.74) is 0.477. The van der Waals surface area contributed by atoms with E-state index >= 15 is 0 Å². The van der Waals surface area contributed by atoms with Crippen molar-refractivity contribution in [1.82, 2.24) is 10.0 Å². The Labute approximate surface area is 169 Å². The zero-order chi connectivity index (χ0) is 21.1. The molecule has 1 heterocycles. The first kappa shape index (κ1) is 21.0. The number of methoxy groups -OCH3 is 1. The van der Waals surface area contributed by atoms with Crippen LogP contribution in [0.2, 0.25) is 0 Å². The highest BCUT2D eigenvalue weighted by molar-refractivity contribution is 7.96. The maximum absolute atomic E-state index is 12.4. The molecule has 0 atom stereocenters. The molecule has 2 aromatic carbocycles. The van der Waals surface area contributed by atoms with E-state index in [1.807, 2.05) is 0 Å². The van der Waals surface area contributed by atoms with Crippen molar-refractivity contribution in [3.63, 3.8) is 0 Å². The third kappa shape index (κ3) is 4.50. The molecule has 2 N–H and O–H groups in total. The Balaban J connectivity index is 1.50. The van der Waals surface area contributed by atoms with Gasteiger partial charge in [0.2, 0.25) is 19.9 Å². The number of benzene rings is 2. The fraction of sp³-hybridized carbons (Fsp3) is 0.211. The number of hydrogen-bond donors (Lipinski definition) is 2. The molecule has 0 bridgehead atoms. The highest BCUT2D eigenvalue weighted by Crippen LogP contribution is 2.32. The van der Waals surface area contributed by atoms with Crippen LogP contribution >= 0.6 is 0 Å². The maximum atomic E-state index is 12.4. The molecule has 1 amide bonds. The summed E-state index contributed by atoms with van der Waals surface area (Å²) in [6, 6.07) is 12.3. The van der Waals surface area contributed by atoms with E-state index in [1.165, 1.54) is 31.4 Å². The lowest BCUT2D eigenvalue weighted by Crippen LogP contribution is -2.31. The molecule has 154 valence electrons. The van der Waals surface area contributed by atoms with E-state index in [-0.39, 0.29) is 27.8 Å². The van der Waals surface area contributed by atoms with E-state index in [4.69, 9.17) is 4.74 Å². The number of ether oxygens (including phenoxy) is 1. The Kier molecular flexibility index (Phi) is 6.06. The number of fused-ring (bicyclic) bond motifs is 1. The van der Waals surface area contributed by atoms with E-state index in [0.717, 1.165) is 0 Å². The van der Waals surface area contributed by atoms with Gasteiger partial charge in [-0.2, -0.15) is 0 Å². The molecule has 0 saturated heterocycles. The molecular formula is C19H20N2O6S2. The van der Waals surface area contributed by atoms with Crippen LogP contribution in [0.3, 0.4) is 0 Å². The van der Waals surface area contributed by atoms with Crippen LogP contribution in [-0.2, 0) is 24.7 Å². The summed E-state index contributed by atoms with van der Waals surface area (Å²) in [5, 5.41) is 2.52. The SMILES string of the molecule is COc1ccc(S(=O)(=O)NCCCNC(=O)C2=Cc3ccccc3S2(=O)=O)cc1. The molecule has 3 rings (SSSR count). The number of hydrogen-bond acceptors (Lipinski definition) is 6. The number of carbonyl (C=O) groups is 1. The van der Waals surface area contributed by atoms with Gasteiger partial charge in [-0.1, -0.05) is 18.2 Å². The van der Waals surface area contributed by atoms with Gasteiger partial charge < -0.3 is 10.1 Å². The van der Waals surface area contributed by atoms with Crippen LogP contribution in [0.4, 0.5) is 0 Å². The quantitative estimate of drug-likeness (QED) is 0.603. The molecule has 0 unspecified atom stereocenters. The molecule has 0 spiro atoms. The normalized spacial score (nSPS) is 14.7. The molecule has 2 aromatic rings. The van der Waals surface area contributed by atoms with Crippen LogP contribution < -0.4 is 14.8 Å². The molecule has 0 aliphatic carbocycles. The smallest absolute Gasteiger partial charge is 0.263 e. The van der Waals surface area contributed by atoms with Gasteiger partial charge >= 0.3 is 0 Å². The van der Waals surface area contributed by atoms with Gasteiger partial charge in [0.15, 0.2) is 0 Å². The third-order valence-corrected chi connectivity index (χ3v) is 7.62. The second kappa shape index (κ2) is 8.36. The Hall–Kier alpha value is -2.69.